The number of sulfonamides is 1. The maximum atomic E-state index is 13.4. The minimum Gasteiger partial charge on any atom is -0.494 e. The van der Waals surface area contributed by atoms with Crippen molar-refractivity contribution < 1.29 is 17.5 Å². The molecule has 1 aliphatic rings. The molecule has 0 amide bonds. The predicted octanol–water partition coefficient (Wildman–Crippen LogP) is 4.02. The quantitative estimate of drug-likeness (QED) is 0.475. The SMILES string of the molecule is O=S(=O)(NC1(CCCCOc2ccc(F)cc2)CCNCC1)c1cccc2cnccc12. The van der Waals surface area contributed by atoms with Crippen LogP contribution < -0.4 is 14.8 Å². The first-order valence-corrected chi connectivity index (χ1v) is 12.4. The zero-order chi connectivity index (χ0) is 22.4. The first kappa shape index (κ1) is 22.6. The summed E-state index contributed by atoms with van der Waals surface area (Å²) < 4.78 is 48.6. The summed E-state index contributed by atoms with van der Waals surface area (Å²) in [6.45, 7) is 2.05. The second-order valence-corrected chi connectivity index (χ2v) is 9.90. The van der Waals surface area contributed by atoms with E-state index in [0.717, 1.165) is 50.6 Å². The van der Waals surface area contributed by atoms with E-state index in [1.54, 1.807) is 42.7 Å². The molecule has 2 aromatic carbocycles. The molecule has 0 bridgehead atoms. The van der Waals surface area contributed by atoms with Crippen LogP contribution in [0, 0.1) is 5.82 Å². The Morgan fingerprint density at radius 1 is 1.06 bits per heavy atom. The van der Waals surface area contributed by atoms with Crippen LogP contribution in [0.4, 0.5) is 4.39 Å². The molecule has 3 aromatic rings. The van der Waals surface area contributed by atoms with Gasteiger partial charge in [0.15, 0.2) is 0 Å². The first-order valence-electron chi connectivity index (χ1n) is 10.9. The van der Waals surface area contributed by atoms with E-state index in [2.05, 4.69) is 15.0 Å². The number of fused-ring (bicyclic) bond motifs is 1. The number of nitrogens with zero attached hydrogens (tertiary/aromatic N) is 1. The average Bonchev–Trinajstić information content (AvgIpc) is 2.80. The fraction of sp³-hybridized carbons (Fsp3) is 0.375. The monoisotopic (exact) mass is 457 g/mol. The molecule has 6 nitrogen and oxygen atoms in total. The van der Waals surface area contributed by atoms with Gasteiger partial charge in [-0.15, -0.1) is 0 Å². The fourth-order valence-corrected chi connectivity index (χ4v) is 5.98. The van der Waals surface area contributed by atoms with Crippen molar-refractivity contribution >= 4 is 20.8 Å². The Hall–Kier alpha value is -2.55. The van der Waals surface area contributed by atoms with Crippen molar-refractivity contribution in [2.75, 3.05) is 19.7 Å². The Labute approximate surface area is 188 Å². The predicted molar refractivity (Wildman–Crippen MR) is 123 cm³/mol. The third kappa shape index (κ3) is 5.43. The van der Waals surface area contributed by atoms with Crippen LogP contribution in [0.5, 0.6) is 5.75 Å². The number of nitrogens with one attached hydrogen (secondary N) is 2. The van der Waals surface area contributed by atoms with Gasteiger partial charge in [-0.1, -0.05) is 12.1 Å². The van der Waals surface area contributed by atoms with Crippen molar-refractivity contribution in [1.29, 1.82) is 0 Å². The number of ether oxygens (including phenoxy) is 1. The lowest BCUT2D eigenvalue weighted by atomic mass is 9.84. The second kappa shape index (κ2) is 9.94. The van der Waals surface area contributed by atoms with Gasteiger partial charge < -0.3 is 10.1 Å². The maximum Gasteiger partial charge on any atom is 0.241 e. The van der Waals surface area contributed by atoms with Crippen LogP contribution >= 0.6 is 0 Å². The number of rotatable bonds is 9. The molecule has 0 aliphatic carbocycles. The molecule has 170 valence electrons. The summed E-state index contributed by atoms with van der Waals surface area (Å²) in [5, 5.41) is 4.80. The van der Waals surface area contributed by atoms with Gasteiger partial charge in [-0.2, -0.15) is 0 Å². The molecule has 0 atom stereocenters. The summed E-state index contributed by atoms with van der Waals surface area (Å²) in [6, 6.07) is 13.0. The van der Waals surface area contributed by atoms with Gasteiger partial charge in [0.25, 0.3) is 0 Å². The highest BCUT2D eigenvalue weighted by molar-refractivity contribution is 7.89. The van der Waals surface area contributed by atoms with Crippen LogP contribution in [0.2, 0.25) is 0 Å². The number of unbranched alkanes of at least 4 members (excludes halogenated alkanes) is 1. The minimum atomic E-state index is -3.71. The molecule has 8 heteroatoms. The number of aromatic nitrogens is 1. The molecule has 1 fully saturated rings. The van der Waals surface area contributed by atoms with E-state index >= 15 is 0 Å². The molecule has 0 spiro atoms. The number of halogens is 1. The van der Waals surface area contributed by atoms with E-state index in [4.69, 9.17) is 4.74 Å². The lowest BCUT2D eigenvalue weighted by molar-refractivity contribution is 0.243. The number of pyridine rings is 1. The number of piperidine rings is 1. The summed E-state index contributed by atoms with van der Waals surface area (Å²) in [7, 11) is -3.71. The zero-order valence-electron chi connectivity index (χ0n) is 17.9. The molecule has 0 unspecified atom stereocenters. The number of benzene rings is 2. The zero-order valence-corrected chi connectivity index (χ0v) is 18.7. The van der Waals surface area contributed by atoms with Crippen molar-refractivity contribution in [2.24, 2.45) is 0 Å². The minimum absolute atomic E-state index is 0.287. The molecule has 0 saturated carbocycles. The molecule has 2 N–H and O–H groups in total. The molecule has 0 radical (unpaired) electrons. The summed E-state index contributed by atoms with van der Waals surface area (Å²) >= 11 is 0. The second-order valence-electron chi connectivity index (χ2n) is 8.25. The number of hydrogen-bond acceptors (Lipinski definition) is 5. The van der Waals surface area contributed by atoms with Crippen LogP contribution in [0.25, 0.3) is 10.8 Å². The Kier molecular flexibility index (Phi) is 7.03. The van der Waals surface area contributed by atoms with E-state index in [0.29, 0.717) is 17.7 Å². The van der Waals surface area contributed by atoms with Gasteiger partial charge in [0, 0.05) is 28.7 Å². The largest absolute Gasteiger partial charge is 0.494 e. The van der Waals surface area contributed by atoms with Crippen molar-refractivity contribution in [1.82, 2.24) is 15.0 Å². The van der Waals surface area contributed by atoms with Gasteiger partial charge in [-0.3, -0.25) is 4.98 Å². The average molecular weight is 458 g/mol. The summed E-state index contributed by atoms with van der Waals surface area (Å²) in [4.78, 5) is 4.38. The van der Waals surface area contributed by atoms with Crippen LogP contribution in [0.1, 0.15) is 32.1 Å². The Bertz CT molecular complexity index is 1140. The lowest BCUT2D eigenvalue weighted by Crippen LogP contribution is -2.54. The highest BCUT2D eigenvalue weighted by Crippen LogP contribution is 2.30. The van der Waals surface area contributed by atoms with Crippen LogP contribution in [-0.4, -0.2) is 38.6 Å². The summed E-state index contributed by atoms with van der Waals surface area (Å²) in [5.41, 5.74) is -0.491. The summed E-state index contributed by atoms with van der Waals surface area (Å²) in [5.74, 6) is 0.342. The Morgan fingerprint density at radius 3 is 2.62 bits per heavy atom. The molecule has 4 rings (SSSR count). The normalized spacial score (nSPS) is 16.2. The van der Waals surface area contributed by atoms with Gasteiger partial charge in [0.1, 0.15) is 11.6 Å². The third-order valence-corrected chi connectivity index (χ3v) is 7.61. The van der Waals surface area contributed by atoms with Gasteiger partial charge in [-0.25, -0.2) is 17.5 Å². The fourth-order valence-electron chi connectivity index (χ4n) is 4.26. The van der Waals surface area contributed by atoms with Crippen LogP contribution in [-0.2, 0) is 10.0 Å². The van der Waals surface area contributed by atoms with E-state index in [9.17, 15) is 12.8 Å². The summed E-state index contributed by atoms with van der Waals surface area (Å²) in [6.07, 6.45) is 7.09. The van der Waals surface area contributed by atoms with Gasteiger partial charge in [-0.05, 0) is 81.6 Å². The lowest BCUT2D eigenvalue weighted by Gasteiger charge is -2.38. The molecule has 32 heavy (non-hydrogen) atoms. The number of hydrogen-bond donors (Lipinski definition) is 2. The first-order chi connectivity index (χ1) is 15.5. The molecular formula is C24H28FN3O3S. The standard InChI is InChI=1S/C24H28FN3O3S/c25-20-6-8-21(9-7-20)31-17-2-1-11-24(12-15-26-16-13-24)28-32(29,30)23-5-3-4-19-18-27-14-10-22(19)23/h3-10,14,18,26,28H,1-2,11-13,15-17H2. The molecule has 1 saturated heterocycles. The van der Waals surface area contributed by atoms with Crippen LogP contribution in [0.3, 0.4) is 0 Å². The topological polar surface area (TPSA) is 80.3 Å². The van der Waals surface area contributed by atoms with E-state index in [1.165, 1.54) is 12.1 Å². The Morgan fingerprint density at radius 2 is 1.84 bits per heavy atom. The Balaban J connectivity index is 1.42. The van der Waals surface area contributed by atoms with E-state index in [1.807, 2.05) is 6.07 Å². The molecule has 1 aromatic heterocycles. The van der Waals surface area contributed by atoms with E-state index in [-0.39, 0.29) is 10.7 Å². The smallest absolute Gasteiger partial charge is 0.241 e. The van der Waals surface area contributed by atoms with Crippen LogP contribution in [0.15, 0.2) is 65.8 Å². The van der Waals surface area contributed by atoms with Gasteiger partial charge >= 0.3 is 0 Å². The van der Waals surface area contributed by atoms with Crippen molar-refractivity contribution in [3.05, 3.63) is 66.7 Å². The van der Waals surface area contributed by atoms with E-state index < -0.39 is 15.6 Å². The van der Waals surface area contributed by atoms with Crippen molar-refractivity contribution in [3.63, 3.8) is 0 Å². The maximum absolute atomic E-state index is 13.4. The highest BCUT2D eigenvalue weighted by atomic mass is 32.2. The molecule has 1 aliphatic heterocycles. The molecular weight excluding hydrogens is 429 g/mol. The third-order valence-electron chi connectivity index (χ3n) is 5.97. The van der Waals surface area contributed by atoms with Gasteiger partial charge in [0.05, 0.1) is 11.5 Å². The highest BCUT2D eigenvalue weighted by Gasteiger charge is 2.36. The molecule has 2 heterocycles. The van der Waals surface area contributed by atoms with Crippen molar-refractivity contribution in [3.8, 4) is 5.75 Å². The van der Waals surface area contributed by atoms with Gasteiger partial charge in [0.2, 0.25) is 10.0 Å². The van der Waals surface area contributed by atoms with Crippen molar-refractivity contribution in [2.45, 2.75) is 42.5 Å².